The van der Waals surface area contributed by atoms with E-state index in [1.807, 2.05) is 34.6 Å². The van der Waals surface area contributed by atoms with Crippen LogP contribution in [-0.4, -0.2) is 70.3 Å². The molecule has 6 atom stereocenters. The average molecular weight is 425 g/mol. The molecule has 1 spiro atoms. The van der Waals surface area contributed by atoms with Gasteiger partial charge in [-0.15, -0.1) is 0 Å². The minimum absolute atomic E-state index is 0.113. The van der Waals surface area contributed by atoms with Crippen molar-refractivity contribution in [2.45, 2.75) is 90.1 Å². The minimum Gasteiger partial charge on any atom is -0.466 e. The van der Waals surface area contributed by atoms with E-state index in [9.17, 15) is 19.5 Å². The van der Waals surface area contributed by atoms with Gasteiger partial charge in [0.1, 0.15) is 17.6 Å². The standard InChI is InChI=1S/C22H36N2O6/c1-7-29-20(28)16-15-19(27)24(14(11-25)10-12(2)3)17(18(26)23-13(4)5)22(15)9-8-21(16,6)30-22/h12-17,25H,7-11H2,1-6H3,(H,23,26)/t14-,15+,16-,17?,21+,22?/m1/s1. The maximum atomic E-state index is 13.8. The molecule has 3 rings (SSSR count). The first kappa shape index (κ1) is 23.0. The summed E-state index contributed by atoms with van der Waals surface area (Å²) in [5.74, 6) is -2.35. The van der Waals surface area contributed by atoms with Gasteiger partial charge in [-0.2, -0.15) is 0 Å². The number of carbonyl (C=O) groups excluding carboxylic acids is 3. The van der Waals surface area contributed by atoms with Crippen LogP contribution in [0.2, 0.25) is 0 Å². The van der Waals surface area contributed by atoms with Gasteiger partial charge in [0, 0.05) is 6.04 Å². The number of aliphatic hydroxyl groups excluding tert-OH is 1. The maximum absolute atomic E-state index is 13.8. The Morgan fingerprint density at radius 2 is 1.97 bits per heavy atom. The molecule has 3 saturated heterocycles. The van der Waals surface area contributed by atoms with Crippen molar-refractivity contribution in [3.8, 4) is 0 Å². The summed E-state index contributed by atoms with van der Waals surface area (Å²) in [6.07, 6.45) is 1.65. The van der Waals surface area contributed by atoms with Crippen LogP contribution in [0.3, 0.4) is 0 Å². The molecule has 2 N–H and O–H groups in total. The molecule has 2 amide bonds. The van der Waals surface area contributed by atoms with E-state index in [-0.39, 0.29) is 37.0 Å². The Morgan fingerprint density at radius 3 is 2.50 bits per heavy atom. The monoisotopic (exact) mass is 424 g/mol. The van der Waals surface area contributed by atoms with Crippen molar-refractivity contribution in [2.75, 3.05) is 13.2 Å². The minimum atomic E-state index is -1.08. The number of nitrogens with one attached hydrogen (secondary N) is 1. The van der Waals surface area contributed by atoms with Gasteiger partial charge in [-0.1, -0.05) is 13.8 Å². The molecule has 3 heterocycles. The van der Waals surface area contributed by atoms with Gasteiger partial charge in [-0.05, 0) is 52.9 Å². The molecular weight excluding hydrogens is 388 g/mol. The number of carbonyl (C=O) groups is 3. The summed E-state index contributed by atoms with van der Waals surface area (Å²) in [6.45, 7) is 11.3. The molecule has 8 heteroatoms. The smallest absolute Gasteiger partial charge is 0.312 e. The summed E-state index contributed by atoms with van der Waals surface area (Å²) in [5.41, 5.74) is -1.91. The number of rotatable bonds is 8. The molecule has 8 nitrogen and oxygen atoms in total. The summed E-state index contributed by atoms with van der Waals surface area (Å²) in [4.78, 5) is 41.5. The van der Waals surface area contributed by atoms with E-state index >= 15 is 0 Å². The fourth-order valence-electron chi connectivity index (χ4n) is 5.83. The van der Waals surface area contributed by atoms with Crippen LogP contribution in [0.4, 0.5) is 0 Å². The maximum Gasteiger partial charge on any atom is 0.312 e. The van der Waals surface area contributed by atoms with Crippen molar-refractivity contribution in [3.63, 3.8) is 0 Å². The van der Waals surface area contributed by atoms with Crippen LogP contribution >= 0.6 is 0 Å². The second kappa shape index (κ2) is 8.11. The van der Waals surface area contributed by atoms with E-state index in [0.717, 1.165) is 0 Å². The first-order valence-corrected chi connectivity index (χ1v) is 11.1. The number of ether oxygens (including phenoxy) is 2. The highest BCUT2D eigenvalue weighted by molar-refractivity contribution is 5.98. The second-order valence-electron chi connectivity index (χ2n) is 9.85. The lowest BCUT2D eigenvalue weighted by Crippen LogP contribution is -2.59. The zero-order valence-corrected chi connectivity index (χ0v) is 18.9. The Kier molecular flexibility index (Phi) is 6.22. The molecule has 0 saturated carbocycles. The Balaban J connectivity index is 2.09. The number of aliphatic hydroxyl groups is 1. The molecule has 30 heavy (non-hydrogen) atoms. The highest BCUT2D eigenvalue weighted by Gasteiger charge is 2.78. The van der Waals surface area contributed by atoms with Gasteiger partial charge >= 0.3 is 5.97 Å². The molecule has 2 bridgehead atoms. The normalized spacial score (nSPS) is 35.8. The van der Waals surface area contributed by atoms with E-state index in [0.29, 0.717) is 19.3 Å². The quantitative estimate of drug-likeness (QED) is 0.568. The van der Waals surface area contributed by atoms with E-state index in [4.69, 9.17) is 9.47 Å². The van der Waals surface area contributed by atoms with Crippen LogP contribution in [0.15, 0.2) is 0 Å². The Labute approximate surface area is 178 Å². The van der Waals surface area contributed by atoms with Crippen LogP contribution in [0.5, 0.6) is 0 Å². The lowest BCUT2D eigenvalue weighted by molar-refractivity contribution is -0.160. The van der Waals surface area contributed by atoms with Crippen molar-refractivity contribution in [2.24, 2.45) is 17.8 Å². The molecule has 170 valence electrons. The van der Waals surface area contributed by atoms with Gasteiger partial charge in [-0.3, -0.25) is 14.4 Å². The highest BCUT2D eigenvalue weighted by Crippen LogP contribution is 2.63. The second-order valence-corrected chi connectivity index (χ2v) is 9.85. The predicted molar refractivity (Wildman–Crippen MR) is 109 cm³/mol. The summed E-state index contributed by atoms with van der Waals surface area (Å²) in [7, 11) is 0. The molecule has 3 aliphatic heterocycles. The zero-order valence-electron chi connectivity index (χ0n) is 18.9. The highest BCUT2D eigenvalue weighted by atomic mass is 16.6. The van der Waals surface area contributed by atoms with Gasteiger partial charge in [0.2, 0.25) is 11.8 Å². The van der Waals surface area contributed by atoms with Crippen LogP contribution in [0.25, 0.3) is 0 Å². The van der Waals surface area contributed by atoms with E-state index in [2.05, 4.69) is 5.32 Å². The average Bonchev–Trinajstić information content (AvgIpc) is 3.20. The number of likely N-dealkylation sites (tertiary alicyclic amines) is 1. The molecule has 3 aliphatic rings. The largest absolute Gasteiger partial charge is 0.466 e. The molecule has 0 aromatic heterocycles. The number of hydrogen-bond acceptors (Lipinski definition) is 6. The van der Waals surface area contributed by atoms with Crippen molar-refractivity contribution >= 4 is 17.8 Å². The summed E-state index contributed by atoms with van der Waals surface area (Å²) < 4.78 is 11.8. The third kappa shape index (κ3) is 3.42. The fourth-order valence-corrected chi connectivity index (χ4v) is 5.83. The number of hydrogen-bond donors (Lipinski definition) is 2. The van der Waals surface area contributed by atoms with Crippen molar-refractivity contribution in [3.05, 3.63) is 0 Å². The predicted octanol–water partition coefficient (Wildman–Crippen LogP) is 1.25. The molecule has 3 fully saturated rings. The summed E-state index contributed by atoms with van der Waals surface area (Å²) >= 11 is 0. The van der Waals surface area contributed by atoms with Crippen LogP contribution in [-0.2, 0) is 23.9 Å². The Bertz CT molecular complexity index is 710. The Hall–Kier alpha value is -1.67. The van der Waals surface area contributed by atoms with Crippen molar-refractivity contribution < 1.29 is 29.0 Å². The summed E-state index contributed by atoms with van der Waals surface area (Å²) in [6, 6.07) is -1.51. The third-order valence-electron chi connectivity index (χ3n) is 6.78. The van der Waals surface area contributed by atoms with Crippen molar-refractivity contribution in [1.29, 1.82) is 0 Å². The number of esters is 1. The van der Waals surface area contributed by atoms with E-state index in [1.54, 1.807) is 6.92 Å². The van der Waals surface area contributed by atoms with Crippen molar-refractivity contribution in [1.82, 2.24) is 10.2 Å². The number of nitrogens with zero attached hydrogens (tertiary/aromatic N) is 1. The van der Waals surface area contributed by atoms with E-state index < -0.39 is 41.1 Å². The van der Waals surface area contributed by atoms with E-state index in [1.165, 1.54) is 4.90 Å². The molecule has 0 aromatic rings. The van der Waals surface area contributed by atoms with Crippen LogP contribution < -0.4 is 5.32 Å². The fraction of sp³-hybridized carbons (Fsp3) is 0.864. The Morgan fingerprint density at radius 1 is 1.30 bits per heavy atom. The van der Waals surface area contributed by atoms with Crippen LogP contribution in [0.1, 0.15) is 60.8 Å². The summed E-state index contributed by atoms with van der Waals surface area (Å²) in [5, 5.41) is 13.0. The van der Waals surface area contributed by atoms with Gasteiger partial charge in [0.05, 0.1) is 30.8 Å². The first-order chi connectivity index (χ1) is 14.0. The molecule has 0 radical (unpaired) electrons. The van der Waals surface area contributed by atoms with Gasteiger partial charge in [0.15, 0.2) is 0 Å². The van der Waals surface area contributed by atoms with Crippen LogP contribution in [0, 0.1) is 17.8 Å². The first-order valence-electron chi connectivity index (χ1n) is 11.1. The third-order valence-corrected chi connectivity index (χ3v) is 6.78. The molecule has 0 aromatic carbocycles. The van der Waals surface area contributed by atoms with Gasteiger partial charge < -0.3 is 24.8 Å². The SMILES string of the molecule is CCOC(=O)[C@H]1[C@H]2C(=O)N([C@@H](CO)CC(C)C)C(C(=O)NC(C)C)C23CC[C@]1(C)O3. The number of fused-ring (bicyclic) bond motifs is 1. The number of amides is 2. The van der Waals surface area contributed by atoms with Gasteiger partial charge in [0.25, 0.3) is 0 Å². The lowest BCUT2D eigenvalue weighted by Gasteiger charge is -2.37. The molecule has 2 unspecified atom stereocenters. The molecular formula is C22H36N2O6. The topological polar surface area (TPSA) is 105 Å². The lowest BCUT2D eigenvalue weighted by atomic mass is 9.66. The zero-order chi connectivity index (χ0) is 22.4. The molecule has 0 aliphatic carbocycles. The van der Waals surface area contributed by atoms with Gasteiger partial charge in [-0.25, -0.2) is 0 Å².